The number of ketones is 1. The Morgan fingerprint density at radius 2 is 2.04 bits per heavy atom. The van der Waals surface area contributed by atoms with Gasteiger partial charge in [-0.15, -0.1) is 11.3 Å². The molecule has 27 heavy (non-hydrogen) atoms. The first-order chi connectivity index (χ1) is 12.9. The van der Waals surface area contributed by atoms with Crippen LogP contribution in [0.4, 0.5) is 13.2 Å². The van der Waals surface area contributed by atoms with E-state index in [-0.39, 0.29) is 22.1 Å². The molecular weight excluding hydrogens is 397 g/mol. The molecule has 2 aromatic heterocycles. The lowest BCUT2D eigenvalue weighted by Crippen LogP contribution is -2.39. The van der Waals surface area contributed by atoms with Gasteiger partial charge in [0.15, 0.2) is 5.78 Å². The van der Waals surface area contributed by atoms with Gasteiger partial charge in [-0.25, -0.2) is 15.0 Å². The molecule has 1 aromatic carbocycles. The number of para-hydroxylation sites is 1. The molecule has 140 valence electrons. The summed E-state index contributed by atoms with van der Waals surface area (Å²) in [4.78, 5) is 24.5. The van der Waals surface area contributed by atoms with Crippen LogP contribution in [0.5, 0.6) is 0 Å². The number of aromatic nitrogens is 3. The number of thiazole rings is 1. The Morgan fingerprint density at radius 1 is 1.26 bits per heavy atom. The second-order valence-electron chi connectivity index (χ2n) is 6.00. The average Bonchev–Trinajstić information content (AvgIpc) is 3.06. The molecule has 1 N–H and O–H groups in total. The zero-order valence-corrected chi connectivity index (χ0v) is 15.4. The van der Waals surface area contributed by atoms with Crippen LogP contribution in [0.1, 0.15) is 26.4 Å². The third-order valence-corrected chi connectivity index (χ3v) is 6.28. The first-order valence-corrected chi connectivity index (χ1v) is 9.88. The summed E-state index contributed by atoms with van der Waals surface area (Å²) < 4.78 is 39.2. The van der Waals surface area contributed by atoms with Crippen molar-refractivity contribution >= 4 is 39.8 Å². The highest BCUT2D eigenvalue weighted by Gasteiger charge is 2.35. The van der Waals surface area contributed by atoms with Crippen LogP contribution in [-0.2, 0) is 6.18 Å². The number of carbonyl (C=O) groups excluding carboxylic acids is 1. The Labute approximate surface area is 160 Å². The summed E-state index contributed by atoms with van der Waals surface area (Å²) in [5, 5.41) is 4.70. The normalized spacial score (nSPS) is 15.1. The molecule has 0 unspecified atom stereocenters. The fourth-order valence-corrected chi connectivity index (χ4v) is 4.51. The largest absolute Gasteiger partial charge is 0.451 e. The average molecular weight is 410 g/mol. The molecule has 4 rings (SSSR count). The molecule has 0 bridgehead atoms. The minimum Gasteiger partial charge on any atom is -0.315 e. The minimum atomic E-state index is -4.65. The quantitative estimate of drug-likeness (QED) is 0.392. The van der Waals surface area contributed by atoms with E-state index in [2.05, 4.69) is 20.3 Å². The zero-order valence-electron chi connectivity index (χ0n) is 13.8. The molecule has 0 saturated carbocycles. The van der Waals surface area contributed by atoms with Crippen molar-refractivity contribution in [2.24, 2.45) is 0 Å². The lowest BCUT2D eigenvalue weighted by molar-refractivity contribution is -0.145. The van der Waals surface area contributed by atoms with Gasteiger partial charge in [0.25, 0.3) is 0 Å². The van der Waals surface area contributed by atoms with E-state index in [1.807, 2.05) is 0 Å². The molecule has 1 fully saturated rings. The Kier molecular flexibility index (Phi) is 4.87. The number of alkyl halides is 3. The molecular formula is C17H13F3N4OS2. The zero-order chi connectivity index (χ0) is 19.0. The van der Waals surface area contributed by atoms with Crippen LogP contribution in [0.15, 0.2) is 35.5 Å². The predicted octanol–water partition coefficient (Wildman–Crippen LogP) is 3.77. The van der Waals surface area contributed by atoms with Gasteiger partial charge in [0, 0.05) is 30.6 Å². The number of nitrogens with zero attached hydrogens (tertiary/aromatic N) is 3. The maximum absolute atomic E-state index is 13.1. The van der Waals surface area contributed by atoms with Crippen molar-refractivity contribution in [2.75, 3.05) is 18.8 Å². The van der Waals surface area contributed by atoms with Gasteiger partial charge in [-0.2, -0.15) is 13.2 Å². The van der Waals surface area contributed by atoms with E-state index >= 15 is 0 Å². The summed E-state index contributed by atoms with van der Waals surface area (Å²) in [5.41, 5.74) is 0.201. The molecule has 3 heterocycles. The van der Waals surface area contributed by atoms with Crippen molar-refractivity contribution < 1.29 is 18.0 Å². The van der Waals surface area contributed by atoms with E-state index in [4.69, 9.17) is 0 Å². The maximum atomic E-state index is 13.1. The van der Waals surface area contributed by atoms with Gasteiger partial charge in [0.1, 0.15) is 5.03 Å². The van der Waals surface area contributed by atoms with E-state index < -0.39 is 12.0 Å². The maximum Gasteiger partial charge on any atom is 0.451 e. The number of hydrogen-bond donors (Lipinski definition) is 1. The van der Waals surface area contributed by atoms with E-state index in [0.717, 1.165) is 29.9 Å². The topological polar surface area (TPSA) is 67.8 Å². The molecule has 0 spiro atoms. The lowest BCUT2D eigenvalue weighted by Gasteiger charge is -2.24. The van der Waals surface area contributed by atoms with E-state index in [0.29, 0.717) is 16.2 Å². The summed E-state index contributed by atoms with van der Waals surface area (Å²) in [5.74, 6) is -1.05. The Bertz CT molecular complexity index is 1000. The smallest absolute Gasteiger partial charge is 0.315 e. The first kappa shape index (κ1) is 18.3. The summed E-state index contributed by atoms with van der Waals surface area (Å²) >= 11 is 2.33. The van der Waals surface area contributed by atoms with Crippen LogP contribution in [-0.4, -0.2) is 39.6 Å². The van der Waals surface area contributed by atoms with Gasteiger partial charge in [-0.3, -0.25) is 4.79 Å². The van der Waals surface area contributed by atoms with Crippen LogP contribution in [0.3, 0.4) is 0 Å². The monoisotopic (exact) mass is 410 g/mol. The Hall–Kier alpha value is -2.04. The van der Waals surface area contributed by atoms with Crippen molar-refractivity contribution in [3.05, 3.63) is 46.2 Å². The number of halogens is 3. The molecule has 1 aliphatic heterocycles. The van der Waals surface area contributed by atoms with Gasteiger partial charge in [-0.05, 0) is 6.07 Å². The number of thioether (sulfide) groups is 1. The SMILES string of the molecule is O=C(CSc1nc(C(F)(F)F)nc2ccccc12)c1cnc(C2CNC2)s1. The predicted molar refractivity (Wildman–Crippen MR) is 97.3 cm³/mol. The van der Waals surface area contributed by atoms with Crippen LogP contribution < -0.4 is 5.32 Å². The Balaban J connectivity index is 1.55. The van der Waals surface area contributed by atoms with Gasteiger partial charge in [0.2, 0.25) is 5.82 Å². The number of Topliss-reactive ketones (excluding diaryl/α,β-unsaturated/α-hetero) is 1. The van der Waals surface area contributed by atoms with Crippen LogP contribution in [0.2, 0.25) is 0 Å². The van der Waals surface area contributed by atoms with Crippen molar-refractivity contribution in [1.82, 2.24) is 20.3 Å². The number of nitrogens with one attached hydrogen (secondary N) is 1. The van der Waals surface area contributed by atoms with Gasteiger partial charge in [-0.1, -0.05) is 30.0 Å². The van der Waals surface area contributed by atoms with Gasteiger partial charge in [0.05, 0.1) is 21.2 Å². The van der Waals surface area contributed by atoms with E-state index in [1.54, 1.807) is 24.4 Å². The third kappa shape index (κ3) is 3.83. The molecule has 1 saturated heterocycles. The van der Waals surface area contributed by atoms with Crippen molar-refractivity contribution in [2.45, 2.75) is 17.1 Å². The number of fused-ring (bicyclic) bond motifs is 1. The van der Waals surface area contributed by atoms with E-state index in [1.165, 1.54) is 17.4 Å². The van der Waals surface area contributed by atoms with Gasteiger partial charge < -0.3 is 5.32 Å². The molecule has 0 radical (unpaired) electrons. The number of hydrogen-bond acceptors (Lipinski definition) is 7. The second kappa shape index (κ2) is 7.17. The fraction of sp³-hybridized carbons (Fsp3) is 0.294. The van der Waals surface area contributed by atoms with Crippen molar-refractivity contribution in [3.63, 3.8) is 0 Å². The summed E-state index contributed by atoms with van der Waals surface area (Å²) in [6.07, 6.45) is -3.10. The van der Waals surface area contributed by atoms with E-state index in [9.17, 15) is 18.0 Å². The lowest BCUT2D eigenvalue weighted by atomic mass is 10.1. The molecule has 0 atom stereocenters. The highest BCUT2D eigenvalue weighted by molar-refractivity contribution is 8.00. The van der Waals surface area contributed by atoms with Crippen LogP contribution >= 0.6 is 23.1 Å². The molecule has 1 aliphatic rings. The molecule has 0 amide bonds. The number of benzene rings is 1. The molecule has 3 aromatic rings. The highest BCUT2D eigenvalue weighted by Crippen LogP contribution is 2.33. The molecule has 0 aliphatic carbocycles. The van der Waals surface area contributed by atoms with Crippen LogP contribution in [0, 0.1) is 0 Å². The standard InChI is InChI=1S/C17H13F3N4OS2/c18-17(19,20)16-23-11-4-2-1-3-10(11)15(24-16)26-8-12(25)13-7-22-14(27-13)9-5-21-6-9/h1-4,7,9,21H,5-6,8H2. The minimum absolute atomic E-state index is 0.0111. The Morgan fingerprint density at radius 3 is 2.74 bits per heavy atom. The third-order valence-electron chi connectivity index (χ3n) is 4.09. The summed E-state index contributed by atoms with van der Waals surface area (Å²) in [6.45, 7) is 1.70. The fourth-order valence-electron chi connectivity index (χ4n) is 2.56. The summed E-state index contributed by atoms with van der Waals surface area (Å²) in [7, 11) is 0. The molecule has 10 heteroatoms. The second-order valence-corrected chi connectivity index (χ2v) is 8.02. The number of rotatable bonds is 5. The van der Waals surface area contributed by atoms with Crippen LogP contribution in [0.25, 0.3) is 10.9 Å². The van der Waals surface area contributed by atoms with Crippen molar-refractivity contribution in [1.29, 1.82) is 0 Å². The van der Waals surface area contributed by atoms with Gasteiger partial charge >= 0.3 is 6.18 Å². The number of carbonyl (C=O) groups is 1. The highest BCUT2D eigenvalue weighted by atomic mass is 32.2. The summed E-state index contributed by atoms with van der Waals surface area (Å²) in [6, 6.07) is 6.47. The molecule has 5 nitrogen and oxygen atoms in total. The first-order valence-electron chi connectivity index (χ1n) is 8.08. The van der Waals surface area contributed by atoms with Crippen molar-refractivity contribution in [3.8, 4) is 0 Å².